The lowest BCUT2D eigenvalue weighted by Gasteiger charge is -2.39. The highest BCUT2D eigenvalue weighted by atomic mass is 16.7. The maximum absolute atomic E-state index is 9.58. The van der Waals surface area contributed by atoms with E-state index in [1.54, 1.807) is 6.92 Å². The van der Waals surface area contributed by atoms with Crippen molar-refractivity contribution in [2.24, 2.45) is 0 Å². The molecule has 0 bridgehead atoms. The third-order valence-electron chi connectivity index (χ3n) is 2.67. The minimum Gasteiger partial charge on any atom is -0.394 e. The Labute approximate surface area is 99.2 Å². The normalized spacial score (nSPS) is 40.2. The molecule has 1 aliphatic rings. The summed E-state index contributed by atoms with van der Waals surface area (Å²) in [5.74, 6) is 0. The van der Waals surface area contributed by atoms with Gasteiger partial charge in [-0.2, -0.15) is 0 Å². The van der Waals surface area contributed by atoms with Crippen molar-refractivity contribution in [2.45, 2.75) is 50.2 Å². The Morgan fingerprint density at radius 3 is 2.35 bits per heavy atom. The Balaban J connectivity index is 2.47. The molecule has 5 N–H and O–H groups in total. The fraction of sp³-hybridized carbons (Fsp3) is 1.00. The van der Waals surface area contributed by atoms with E-state index in [1.165, 1.54) is 0 Å². The SMILES string of the molecule is C[C@H](O)CCO[C@H]1O[C@H](CO)[C@@H](O)[C@H](O)[C@H]1O. The summed E-state index contributed by atoms with van der Waals surface area (Å²) in [5.41, 5.74) is 0. The molecule has 0 amide bonds. The van der Waals surface area contributed by atoms with Gasteiger partial charge in [0.15, 0.2) is 6.29 Å². The van der Waals surface area contributed by atoms with E-state index in [1.807, 2.05) is 0 Å². The molecule has 1 rings (SSSR count). The molecule has 0 saturated carbocycles. The number of aliphatic hydroxyl groups excluding tert-OH is 5. The molecule has 1 heterocycles. The van der Waals surface area contributed by atoms with Crippen LogP contribution < -0.4 is 0 Å². The van der Waals surface area contributed by atoms with Crippen LogP contribution in [0.25, 0.3) is 0 Å². The number of ether oxygens (including phenoxy) is 2. The number of rotatable bonds is 5. The molecule has 0 aliphatic carbocycles. The highest BCUT2D eigenvalue weighted by molar-refractivity contribution is 4.88. The Morgan fingerprint density at radius 2 is 1.82 bits per heavy atom. The number of hydrogen-bond donors (Lipinski definition) is 5. The van der Waals surface area contributed by atoms with Crippen LogP contribution in [0, 0.1) is 0 Å². The molecule has 7 heteroatoms. The molecule has 0 unspecified atom stereocenters. The maximum atomic E-state index is 9.58. The fourth-order valence-electron chi connectivity index (χ4n) is 1.56. The van der Waals surface area contributed by atoms with E-state index < -0.39 is 43.4 Å². The zero-order valence-electron chi connectivity index (χ0n) is 9.64. The smallest absolute Gasteiger partial charge is 0.186 e. The van der Waals surface area contributed by atoms with E-state index in [0.717, 1.165) is 0 Å². The third kappa shape index (κ3) is 3.85. The molecule has 102 valence electrons. The average Bonchev–Trinajstić information content (AvgIpc) is 2.29. The predicted octanol–water partition coefficient (Wildman–Crippen LogP) is -2.43. The van der Waals surface area contributed by atoms with Crippen molar-refractivity contribution in [3.8, 4) is 0 Å². The van der Waals surface area contributed by atoms with Crippen molar-refractivity contribution >= 4 is 0 Å². The van der Waals surface area contributed by atoms with Crippen LogP contribution in [0.15, 0.2) is 0 Å². The first-order chi connectivity index (χ1) is 7.97. The predicted molar refractivity (Wildman–Crippen MR) is 56.0 cm³/mol. The van der Waals surface area contributed by atoms with Crippen LogP contribution >= 0.6 is 0 Å². The molecule has 0 spiro atoms. The van der Waals surface area contributed by atoms with E-state index in [0.29, 0.717) is 6.42 Å². The molecular weight excluding hydrogens is 232 g/mol. The first-order valence-electron chi connectivity index (χ1n) is 5.57. The van der Waals surface area contributed by atoms with Gasteiger partial charge in [-0.1, -0.05) is 0 Å². The zero-order chi connectivity index (χ0) is 13.0. The molecule has 1 aliphatic heterocycles. The second kappa shape index (κ2) is 6.60. The van der Waals surface area contributed by atoms with Crippen LogP contribution in [0.5, 0.6) is 0 Å². The molecule has 1 fully saturated rings. The van der Waals surface area contributed by atoms with E-state index in [-0.39, 0.29) is 6.61 Å². The Hall–Kier alpha value is -0.280. The van der Waals surface area contributed by atoms with Gasteiger partial charge >= 0.3 is 0 Å². The summed E-state index contributed by atoms with van der Waals surface area (Å²) in [4.78, 5) is 0. The van der Waals surface area contributed by atoms with Crippen LogP contribution in [-0.4, -0.2) is 75.6 Å². The molecule has 1 saturated heterocycles. The van der Waals surface area contributed by atoms with Gasteiger partial charge in [-0.05, 0) is 13.3 Å². The van der Waals surface area contributed by atoms with Crippen molar-refractivity contribution in [2.75, 3.05) is 13.2 Å². The molecule has 6 atom stereocenters. The average molecular weight is 252 g/mol. The highest BCUT2D eigenvalue weighted by Gasteiger charge is 2.43. The summed E-state index contributed by atoms with van der Waals surface area (Å²) in [7, 11) is 0. The van der Waals surface area contributed by atoms with Gasteiger partial charge in [0.1, 0.15) is 24.4 Å². The maximum Gasteiger partial charge on any atom is 0.186 e. The van der Waals surface area contributed by atoms with Gasteiger partial charge in [-0.15, -0.1) is 0 Å². The standard InChI is InChI=1S/C10H20O7/c1-5(12)2-3-16-10-9(15)8(14)7(13)6(4-11)17-10/h5-15H,2-4H2,1H3/t5-,6+,7+,8-,9+,10-/m0/s1. The summed E-state index contributed by atoms with van der Waals surface area (Å²) < 4.78 is 10.2. The molecule has 0 aromatic carbocycles. The van der Waals surface area contributed by atoms with Crippen molar-refractivity contribution in [3.05, 3.63) is 0 Å². The molecular formula is C10H20O7. The molecule has 0 aromatic rings. The topological polar surface area (TPSA) is 120 Å². The molecule has 7 nitrogen and oxygen atoms in total. The summed E-state index contributed by atoms with van der Waals surface area (Å²) in [6, 6.07) is 0. The second-order valence-corrected chi connectivity index (χ2v) is 4.21. The first kappa shape index (κ1) is 14.8. The minimum atomic E-state index is -1.43. The second-order valence-electron chi connectivity index (χ2n) is 4.21. The number of hydrogen-bond acceptors (Lipinski definition) is 7. The third-order valence-corrected chi connectivity index (χ3v) is 2.67. The fourth-order valence-corrected chi connectivity index (χ4v) is 1.56. The summed E-state index contributed by atoms with van der Waals surface area (Å²) in [5, 5.41) is 46.5. The van der Waals surface area contributed by atoms with Crippen LogP contribution in [0.1, 0.15) is 13.3 Å². The van der Waals surface area contributed by atoms with Crippen molar-refractivity contribution in [1.82, 2.24) is 0 Å². The summed E-state index contributed by atoms with van der Waals surface area (Å²) in [6.07, 6.45) is -6.48. The number of aliphatic hydroxyl groups is 5. The Bertz CT molecular complexity index is 221. The highest BCUT2D eigenvalue weighted by Crippen LogP contribution is 2.21. The van der Waals surface area contributed by atoms with Crippen LogP contribution in [-0.2, 0) is 9.47 Å². The van der Waals surface area contributed by atoms with Crippen molar-refractivity contribution in [3.63, 3.8) is 0 Å². The van der Waals surface area contributed by atoms with Gasteiger partial charge in [-0.3, -0.25) is 0 Å². The molecule has 0 radical (unpaired) electrons. The minimum absolute atomic E-state index is 0.139. The van der Waals surface area contributed by atoms with E-state index >= 15 is 0 Å². The van der Waals surface area contributed by atoms with Gasteiger partial charge in [0.25, 0.3) is 0 Å². The van der Waals surface area contributed by atoms with E-state index in [4.69, 9.17) is 19.7 Å². The van der Waals surface area contributed by atoms with Crippen molar-refractivity contribution < 1.29 is 35.0 Å². The van der Waals surface area contributed by atoms with Gasteiger partial charge in [-0.25, -0.2) is 0 Å². The largest absolute Gasteiger partial charge is 0.394 e. The van der Waals surface area contributed by atoms with E-state index in [9.17, 15) is 15.3 Å². The van der Waals surface area contributed by atoms with Gasteiger partial charge in [0, 0.05) is 0 Å². The summed E-state index contributed by atoms with van der Waals surface area (Å²) in [6.45, 7) is 1.25. The Morgan fingerprint density at radius 1 is 1.18 bits per heavy atom. The summed E-state index contributed by atoms with van der Waals surface area (Å²) >= 11 is 0. The molecule has 17 heavy (non-hydrogen) atoms. The Kier molecular flexibility index (Phi) is 5.74. The quantitative estimate of drug-likeness (QED) is 0.369. The monoisotopic (exact) mass is 252 g/mol. The zero-order valence-corrected chi connectivity index (χ0v) is 9.64. The van der Waals surface area contributed by atoms with E-state index in [2.05, 4.69) is 0 Å². The lowest BCUT2D eigenvalue weighted by Crippen LogP contribution is -2.59. The van der Waals surface area contributed by atoms with Gasteiger partial charge in [0.2, 0.25) is 0 Å². The van der Waals surface area contributed by atoms with Gasteiger partial charge in [0.05, 0.1) is 19.3 Å². The lowest BCUT2D eigenvalue weighted by molar-refractivity contribution is -0.301. The lowest BCUT2D eigenvalue weighted by atomic mass is 9.99. The molecule has 0 aromatic heterocycles. The van der Waals surface area contributed by atoms with Crippen molar-refractivity contribution in [1.29, 1.82) is 0 Å². The van der Waals surface area contributed by atoms with Crippen LogP contribution in [0.3, 0.4) is 0 Å². The van der Waals surface area contributed by atoms with Gasteiger partial charge < -0.3 is 35.0 Å². The van der Waals surface area contributed by atoms with Crippen LogP contribution in [0.4, 0.5) is 0 Å². The first-order valence-corrected chi connectivity index (χ1v) is 5.57. The van der Waals surface area contributed by atoms with Crippen LogP contribution in [0.2, 0.25) is 0 Å².